The highest BCUT2D eigenvalue weighted by atomic mass is 32.2. The average Bonchev–Trinajstić information content (AvgIpc) is 3.04. The number of hydrogen-bond acceptors (Lipinski definition) is 4. The van der Waals surface area contributed by atoms with E-state index in [2.05, 4.69) is 9.97 Å². The molecule has 0 fully saturated rings. The summed E-state index contributed by atoms with van der Waals surface area (Å²) in [4.78, 5) is 8.28. The summed E-state index contributed by atoms with van der Waals surface area (Å²) in [6.07, 6.45) is 4.82. The summed E-state index contributed by atoms with van der Waals surface area (Å²) in [6, 6.07) is 8.30. The Bertz CT molecular complexity index is 880. The smallest absolute Gasteiger partial charge is 0.158 e. The molecule has 0 saturated heterocycles. The van der Waals surface area contributed by atoms with Gasteiger partial charge in [-0.05, 0) is 18.2 Å². The topological polar surface area (TPSA) is 94.0 Å². The Morgan fingerprint density at radius 2 is 2.08 bits per heavy atom. The van der Waals surface area contributed by atoms with Crippen LogP contribution in [0.3, 0.4) is 0 Å². The maximum Gasteiger partial charge on any atom is 0.158 e. The first-order chi connectivity index (χ1) is 11.6. The van der Waals surface area contributed by atoms with Crippen molar-refractivity contribution in [1.82, 2.24) is 14.5 Å². The van der Waals surface area contributed by atoms with Gasteiger partial charge >= 0.3 is 0 Å². The second kappa shape index (κ2) is 7.00. The molecule has 3 rings (SSSR count). The number of rotatable bonds is 5. The van der Waals surface area contributed by atoms with Gasteiger partial charge in [-0.2, -0.15) is 0 Å². The number of nitrogens with two attached hydrogens (primary N) is 1. The molecule has 0 saturated carbocycles. The Labute approximate surface area is 140 Å². The molecule has 0 radical (unpaired) electrons. The van der Waals surface area contributed by atoms with Crippen molar-refractivity contribution in [3.8, 4) is 16.9 Å². The number of hydrogen-bond donors (Lipinski definition) is 2. The van der Waals surface area contributed by atoms with Crippen LogP contribution in [0.4, 0.5) is 4.39 Å². The molecule has 8 heteroatoms. The molecular weight excluding hydrogens is 331 g/mol. The third-order valence-electron chi connectivity index (χ3n) is 3.57. The van der Waals surface area contributed by atoms with Crippen molar-refractivity contribution in [3.63, 3.8) is 0 Å². The molecule has 3 aromatic rings. The zero-order valence-corrected chi connectivity index (χ0v) is 13.4. The molecule has 24 heavy (non-hydrogen) atoms. The molecule has 0 aliphatic carbocycles. The molecule has 0 aliphatic heterocycles. The molecule has 3 N–H and O–H groups in total. The standard InChI is InChI=1S/C16H15FN4O2S/c17-15-5-11(1-2-12(15)6-18)16-8-19-10-21(16)14-4-3-13(20-7-14)9-24(22)23/h1-5,7-8,10H,6,9,18H2,(H,22,23). The van der Waals surface area contributed by atoms with E-state index < -0.39 is 11.1 Å². The number of benzene rings is 1. The quantitative estimate of drug-likeness (QED) is 0.691. The van der Waals surface area contributed by atoms with Gasteiger partial charge in [0.1, 0.15) is 5.82 Å². The third-order valence-corrected chi connectivity index (χ3v) is 4.11. The predicted octanol–water partition coefficient (Wildman–Crippen LogP) is 2.25. The molecule has 1 unspecified atom stereocenters. The van der Waals surface area contributed by atoms with Gasteiger partial charge in [0, 0.05) is 17.7 Å². The molecule has 0 bridgehead atoms. The van der Waals surface area contributed by atoms with Gasteiger partial charge in [0.15, 0.2) is 11.1 Å². The van der Waals surface area contributed by atoms with Crippen LogP contribution in [0.2, 0.25) is 0 Å². The van der Waals surface area contributed by atoms with Gasteiger partial charge in [-0.3, -0.25) is 9.55 Å². The summed E-state index contributed by atoms with van der Waals surface area (Å²) in [5.74, 6) is -0.385. The fourth-order valence-corrected chi connectivity index (χ4v) is 2.78. The van der Waals surface area contributed by atoms with Crippen LogP contribution < -0.4 is 5.73 Å². The maximum atomic E-state index is 14.0. The fraction of sp³-hybridized carbons (Fsp3) is 0.125. The van der Waals surface area contributed by atoms with Gasteiger partial charge in [0.05, 0.1) is 41.5 Å². The minimum absolute atomic E-state index is 0.0250. The molecule has 2 aromatic heterocycles. The van der Waals surface area contributed by atoms with Crippen LogP contribution in [-0.4, -0.2) is 23.3 Å². The summed E-state index contributed by atoms with van der Waals surface area (Å²) < 4.78 is 35.5. The van der Waals surface area contributed by atoms with Gasteiger partial charge in [-0.25, -0.2) is 13.6 Å². The van der Waals surface area contributed by atoms with E-state index >= 15 is 0 Å². The van der Waals surface area contributed by atoms with Crippen molar-refractivity contribution in [1.29, 1.82) is 0 Å². The fourth-order valence-electron chi connectivity index (χ4n) is 2.36. The summed E-state index contributed by atoms with van der Waals surface area (Å²) in [7, 11) is 0. The zero-order valence-electron chi connectivity index (χ0n) is 12.6. The third kappa shape index (κ3) is 3.40. The van der Waals surface area contributed by atoms with Crippen molar-refractivity contribution in [2.75, 3.05) is 0 Å². The second-order valence-electron chi connectivity index (χ2n) is 5.13. The molecule has 1 atom stereocenters. The van der Waals surface area contributed by atoms with Crippen molar-refractivity contribution < 1.29 is 13.2 Å². The molecule has 124 valence electrons. The lowest BCUT2D eigenvalue weighted by atomic mass is 10.1. The predicted molar refractivity (Wildman–Crippen MR) is 89.1 cm³/mol. The summed E-state index contributed by atoms with van der Waals surface area (Å²) in [5, 5.41) is 0. The number of nitrogens with zero attached hydrogens (tertiary/aromatic N) is 3. The van der Waals surface area contributed by atoms with Crippen molar-refractivity contribution >= 4 is 11.1 Å². The molecular formula is C16H15FN4O2S. The van der Waals surface area contributed by atoms with Gasteiger partial charge in [-0.15, -0.1) is 0 Å². The zero-order chi connectivity index (χ0) is 17.1. The Kier molecular flexibility index (Phi) is 4.79. The molecule has 1 aromatic carbocycles. The van der Waals surface area contributed by atoms with E-state index in [1.54, 1.807) is 47.6 Å². The molecule has 2 heterocycles. The van der Waals surface area contributed by atoms with Crippen LogP contribution in [0, 0.1) is 5.82 Å². The van der Waals surface area contributed by atoms with Gasteiger partial charge in [0.2, 0.25) is 0 Å². The van der Waals surface area contributed by atoms with E-state index in [9.17, 15) is 8.60 Å². The Morgan fingerprint density at radius 1 is 1.25 bits per heavy atom. The Hall–Kier alpha value is -2.42. The minimum Gasteiger partial charge on any atom is -0.326 e. The lowest BCUT2D eigenvalue weighted by molar-refractivity contribution is 0.563. The number of aromatic nitrogens is 3. The van der Waals surface area contributed by atoms with Gasteiger partial charge < -0.3 is 10.3 Å². The average molecular weight is 346 g/mol. The first kappa shape index (κ1) is 16.4. The SMILES string of the molecule is NCc1ccc(-c2cncn2-c2ccc(CS(=O)O)nc2)cc1F. The maximum absolute atomic E-state index is 14.0. The van der Waals surface area contributed by atoms with Crippen LogP contribution in [0.5, 0.6) is 0 Å². The van der Waals surface area contributed by atoms with Crippen molar-refractivity contribution in [2.45, 2.75) is 12.3 Å². The van der Waals surface area contributed by atoms with E-state index in [-0.39, 0.29) is 18.1 Å². The number of pyridine rings is 1. The van der Waals surface area contributed by atoms with E-state index in [1.165, 1.54) is 6.07 Å². The summed E-state index contributed by atoms with van der Waals surface area (Å²) >= 11 is -1.93. The highest BCUT2D eigenvalue weighted by molar-refractivity contribution is 7.78. The van der Waals surface area contributed by atoms with E-state index in [0.717, 1.165) is 5.69 Å². The molecule has 6 nitrogen and oxygen atoms in total. The van der Waals surface area contributed by atoms with Gasteiger partial charge in [0.25, 0.3) is 0 Å². The van der Waals surface area contributed by atoms with Crippen molar-refractivity contribution in [2.24, 2.45) is 5.73 Å². The van der Waals surface area contributed by atoms with Crippen molar-refractivity contribution in [3.05, 3.63) is 66.1 Å². The first-order valence-corrected chi connectivity index (χ1v) is 8.40. The van der Waals surface area contributed by atoms with Crippen LogP contribution in [0.1, 0.15) is 11.3 Å². The van der Waals surface area contributed by atoms with Crippen LogP contribution >= 0.6 is 0 Å². The first-order valence-electron chi connectivity index (χ1n) is 7.12. The summed E-state index contributed by atoms with van der Waals surface area (Å²) in [5.41, 5.74) is 8.54. The number of imidazole rings is 1. The second-order valence-corrected chi connectivity index (χ2v) is 6.06. The monoisotopic (exact) mass is 346 g/mol. The van der Waals surface area contributed by atoms with E-state index in [4.69, 9.17) is 10.3 Å². The van der Waals surface area contributed by atoms with E-state index in [1.807, 2.05) is 0 Å². The summed E-state index contributed by atoms with van der Waals surface area (Å²) in [6.45, 7) is 0.142. The largest absolute Gasteiger partial charge is 0.326 e. The van der Waals surface area contributed by atoms with Gasteiger partial charge in [-0.1, -0.05) is 12.1 Å². The lowest BCUT2D eigenvalue weighted by Crippen LogP contribution is -2.02. The Morgan fingerprint density at radius 3 is 2.71 bits per heavy atom. The lowest BCUT2D eigenvalue weighted by Gasteiger charge is -2.10. The molecule has 0 amide bonds. The molecule has 0 aliphatic rings. The van der Waals surface area contributed by atoms with Crippen LogP contribution in [0.15, 0.2) is 49.1 Å². The highest BCUT2D eigenvalue weighted by Gasteiger charge is 2.10. The molecule has 0 spiro atoms. The van der Waals surface area contributed by atoms with Crippen LogP contribution in [0.25, 0.3) is 16.9 Å². The highest BCUT2D eigenvalue weighted by Crippen LogP contribution is 2.24. The van der Waals surface area contributed by atoms with E-state index in [0.29, 0.717) is 22.5 Å². The number of halogens is 1. The normalized spacial score (nSPS) is 12.3. The minimum atomic E-state index is -1.93. The van der Waals surface area contributed by atoms with Crippen LogP contribution in [-0.2, 0) is 23.4 Å². The Balaban J connectivity index is 1.95.